The summed E-state index contributed by atoms with van der Waals surface area (Å²) in [7, 11) is 0. The summed E-state index contributed by atoms with van der Waals surface area (Å²) < 4.78 is 0. The summed E-state index contributed by atoms with van der Waals surface area (Å²) >= 11 is 0. The fourth-order valence-corrected chi connectivity index (χ4v) is 2.11. The molecule has 1 aromatic rings. The van der Waals surface area contributed by atoms with E-state index in [1.54, 1.807) is 0 Å². The maximum Gasteiger partial charge on any atom is 0.0416 e. The molecular weight excluding hydrogens is 208 g/mol. The number of nitrogens with zero attached hydrogens (tertiary/aromatic N) is 2. The first kappa shape index (κ1) is 14.2. The maximum atomic E-state index is 4.38. The molecule has 1 heterocycles. The van der Waals surface area contributed by atoms with E-state index in [2.05, 4.69) is 49.7 Å². The topological polar surface area (TPSA) is 16.1 Å². The van der Waals surface area contributed by atoms with Crippen LogP contribution in [0, 0.1) is 11.8 Å². The Morgan fingerprint density at radius 1 is 1.06 bits per heavy atom. The highest BCUT2D eigenvalue weighted by molar-refractivity contribution is 5.03. The Morgan fingerprint density at radius 3 is 2.18 bits per heavy atom. The predicted octanol–water partition coefficient (Wildman–Crippen LogP) is 3.24. The Labute approximate surface area is 106 Å². The average molecular weight is 234 g/mol. The van der Waals surface area contributed by atoms with E-state index in [-0.39, 0.29) is 0 Å². The van der Waals surface area contributed by atoms with Gasteiger partial charge in [0.15, 0.2) is 0 Å². The van der Waals surface area contributed by atoms with Crippen LogP contribution in [-0.4, -0.2) is 29.5 Å². The van der Waals surface area contributed by atoms with Crippen LogP contribution < -0.4 is 0 Å². The lowest BCUT2D eigenvalue weighted by molar-refractivity contribution is 0.221. The van der Waals surface area contributed by atoms with E-state index in [0.717, 1.165) is 24.8 Å². The minimum absolute atomic E-state index is 0.734. The van der Waals surface area contributed by atoms with Crippen LogP contribution in [-0.2, 0) is 6.42 Å². The monoisotopic (exact) mass is 234 g/mol. The lowest BCUT2D eigenvalue weighted by Gasteiger charge is -2.25. The third-order valence-electron chi connectivity index (χ3n) is 2.66. The molecule has 0 bridgehead atoms. The molecule has 0 aromatic carbocycles. The van der Waals surface area contributed by atoms with Gasteiger partial charge in [0.25, 0.3) is 0 Å². The fraction of sp³-hybridized carbons (Fsp3) is 0.667. The van der Waals surface area contributed by atoms with E-state index in [9.17, 15) is 0 Å². The first-order valence-corrected chi connectivity index (χ1v) is 6.70. The molecule has 0 atom stereocenters. The molecule has 2 heteroatoms. The van der Waals surface area contributed by atoms with E-state index in [4.69, 9.17) is 0 Å². The van der Waals surface area contributed by atoms with Crippen LogP contribution in [0.2, 0.25) is 0 Å². The van der Waals surface area contributed by atoms with Crippen molar-refractivity contribution >= 4 is 0 Å². The number of aromatic nitrogens is 1. The van der Waals surface area contributed by atoms with Crippen molar-refractivity contribution in [1.29, 1.82) is 0 Å². The fourth-order valence-electron chi connectivity index (χ4n) is 2.11. The molecule has 1 aromatic heterocycles. The summed E-state index contributed by atoms with van der Waals surface area (Å²) in [4.78, 5) is 6.94. The summed E-state index contributed by atoms with van der Waals surface area (Å²) in [5.41, 5.74) is 1.20. The molecular formula is C15H26N2. The summed E-state index contributed by atoms with van der Waals surface area (Å²) in [5.74, 6) is 1.47. The molecule has 0 aliphatic heterocycles. The van der Waals surface area contributed by atoms with Crippen LogP contribution in [0.15, 0.2) is 24.4 Å². The van der Waals surface area contributed by atoms with Crippen LogP contribution in [0.4, 0.5) is 0 Å². The molecule has 0 aliphatic rings. The second-order valence-corrected chi connectivity index (χ2v) is 5.62. The van der Waals surface area contributed by atoms with Crippen molar-refractivity contribution in [3.63, 3.8) is 0 Å². The van der Waals surface area contributed by atoms with E-state index >= 15 is 0 Å². The molecule has 0 fully saturated rings. The molecule has 96 valence electrons. The molecule has 0 saturated carbocycles. The van der Waals surface area contributed by atoms with Gasteiger partial charge in [-0.2, -0.15) is 0 Å². The van der Waals surface area contributed by atoms with Crippen LogP contribution in [0.1, 0.15) is 33.4 Å². The van der Waals surface area contributed by atoms with Crippen molar-refractivity contribution in [2.75, 3.05) is 19.6 Å². The molecule has 2 nitrogen and oxygen atoms in total. The second kappa shape index (κ2) is 7.44. The average Bonchev–Trinajstić information content (AvgIpc) is 2.26. The van der Waals surface area contributed by atoms with E-state index < -0.39 is 0 Å². The van der Waals surface area contributed by atoms with Gasteiger partial charge >= 0.3 is 0 Å². The number of hydrogen-bond acceptors (Lipinski definition) is 2. The molecule has 0 unspecified atom stereocenters. The van der Waals surface area contributed by atoms with Crippen LogP contribution >= 0.6 is 0 Å². The first-order chi connectivity index (χ1) is 8.08. The van der Waals surface area contributed by atoms with Gasteiger partial charge in [-0.05, 0) is 24.0 Å². The highest BCUT2D eigenvalue weighted by Gasteiger charge is 2.09. The zero-order chi connectivity index (χ0) is 12.7. The second-order valence-electron chi connectivity index (χ2n) is 5.62. The van der Waals surface area contributed by atoms with E-state index in [0.29, 0.717) is 0 Å². The Hall–Kier alpha value is -0.890. The summed E-state index contributed by atoms with van der Waals surface area (Å²) in [5, 5.41) is 0. The van der Waals surface area contributed by atoms with Gasteiger partial charge in [-0.15, -0.1) is 0 Å². The Morgan fingerprint density at radius 2 is 1.71 bits per heavy atom. The maximum absolute atomic E-state index is 4.38. The Kier molecular flexibility index (Phi) is 6.20. The molecule has 0 aliphatic carbocycles. The van der Waals surface area contributed by atoms with Crippen LogP contribution in [0.5, 0.6) is 0 Å². The smallest absolute Gasteiger partial charge is 0.0416 e. The van der Waals surface area contributed by atoms with E-state index in [1.165, 1.54) is 18.8 Å². The van der Waals surface area contributed by atoms with Gasteiger partial charge in [-0.3, -0.25) is 4.98 Å². The largest absolute Gasteiger partial charge is 0.302 e. The molecule has 1 rings (SSSR count). The third kappa shape index (κ3) is 6.42. The van der Waals surface area contributed by atoms with Gasteiger partial charge in [-0.25, -0.2) is 0 Å². The number of hydrogen-bond donors (Lipinski definition) is 0. The molecule has 0 amide bonds. The number of pyridine rings is 1. The van der Waals surface area contributed by atoms with Gasteiger partial charge in [0, 0.05) is 37.9 Å². The molecule has 0 spiro atoms. The van der Waals surface area contributed by atoms with Crippen molar-refractivity contribution in [1.82, 2.24) is 9.88 Å². The van der Waals surface area contributed by atoms with Gasteiger partial charge in [-0.1, -0.05) is 33.8 Å². The lowest BCUT2D eigenvalue weighted by Crippen LogP contribution is -2.33. The normalized spacial score (nSPS) is 11.7. The number of rotatable bonds is 7. The zero-order valence-corrected chi connectivity index (χ0v) is 11.7. The standard InChI is InChI=1S/C15H26N2/c1-13(2)11-17(12-14(3)4)10-8-15-7-5-6-9-16-15/h5-7,9,13-14H,8,10-12H2,1-4H3. The van der Waals surface area contributed by atoms with Crippen molar-refractivity contribution in [2.45, 2.75) is 34.1 Å². The predicted molar refractivity (Wildman–Crippen MR) is 74.1 cm³/mol. The van der Waals surface area contributed by atoms with E-state index in [1.807, 2.05) is 12.3 Å². The SMILES string of the molecule is CC(C)CN(CCc1ccccn1)CC(C)C. The van der Waals surface area contributed by atoms with Gasteiger partial charge in [0.05, 0.1) is 0 Å². The molecule has 0 saturated heterocycles. The van der Waals surface area contributed by atoms with Gasteiger partial charge in [0.2, 0.25) is 0 Å². The van der Waals surface area contributed by atoms with Gasteiger partial charge < -0.3 is 4.90 Å². The third-order valence-corrected chi connectivity index (χ3v) is 2.66. The van der Waals surface area contributed by atoms with Crippen molar-refractivity contribution in [2.24, 2.45) is 11.8 Å². The minimum Gasteiger partial charge on any atom is -0.302 e. The van der Waals surface area contributed by atoms with Crippen molar-refractivity contribution in [3.8, 4) is 0 Å². The lowest BCUT2D eigenvalue weighted by atomic mass is 10.1. The highest BCUT2D eigenvalue weighted by atomic mass is 15.1. The van der Waals surface area contributed by atoms with Crippen molar-refractivity contribution < 1.29 is 0 Å². The van der Waals surface area contributed by atoms with Crippen LogP contribution in [0.3, 0.4) is 0 Å². The minimum atomic E-state index is 0.734. The quantitative estimate of drug-likeness (QED) is 0.720. The summed E-state index contributed by atoms with van der Waals surface area (Å²) in [6.45, 7) is 12.6. The van der Waals surface area contributed by atoms with Crippen LogP contribution in [0.25, 0.3) is 0 Å². The molecule has 17 heavy (non-hydrogen) atoms. The van der Waals surface area contributed by atoms with Crippen molar-refractivity contribution in [3.05, 3.63) is 30.1 Å². The highest BCUT2D eigenvalue weighted by Crippen LogP contribution is 2.05. The Bertz CT molecular complexity index is 283. The zero-order valence-electron chi connectivity index (χ0n) is 11.7. The Balaban J connectivity index is 2.43. The first-order valence-electron chi connectivity index (χ1n) is 6.70. The summed E-state index contributed by atoms with van der Waals surface area (Å²) in [6.07, 6.45) is 2.94. The molecule has 0 radical (unpaired) electrons. The molecule has 0 N–H and O–H groups in total. The summed E-state index contributed by atoms with van der Waals surface area (Å²) in [6, 6.07) is 6.16. The van der Waals surface area contributed by atoms with Gasteiger partial charge in [0.1, 0.15) is 0 Å².